The van der Waals surface area contributed by atoms with E-state index in [1.54, 1.807) is 13.8 Å². The summed E-state index contributed by atoms with van der Waals surface area (Å²) in [7, 11) is 0. The van der Waals surface area contributed by atoms with Crippen LogP contribution in [0.3, 0.4) is 0 Å². The molecule has 0 radical (unpaired) electrons. The Morgan fingerprint density at radius 1 is 1.30 bits per heavy atom. The van der Waals surface area contributed by atoms with Crippen LogP contribution in [0.4, 0.5) is 4.79 Å². The highest BCUT2D eigenvalue weighted by atomic mass is 16.4. The number of aliphatic carboxylic acids is 1. The van der Waals surface area contributed by atoms with Crippen LogP contribution in [0.5, 0.6) is 0 Å². The molecule has 0 aliphatic carbocycles. The topological polar surface area (TPSA) is 113 Å². The van der Waals surface area contributed by atoms with Crippen LogP contribution < -0.4 is 11.1 Å². The van der Waals surface area contributed by atoms with Crippen LogP contribution in [0.1, 0.15) is 33.6 Å². The zero-order valence-electron chi connectivity index (χ0n) is 12.4. The predicted octanol–water partition coefficient (Wildman–Crippen LogP) is 0.640. The molecule has 0 aromatic rings. The standard InChI is InChI=1S/C13H25N3O4/c1-4-5-6-16(8-11(14)17)13(20)15-7-10(9(2)3)12(18)19/h9-10H,4-8H2,1-3H3,(H2,14,17)(H,15,20)(H,18,19). The van der Waals surface area contributed by atoms with Crippen molar-refractivity contribution in [3.05, 3.63) is 0 Å². The van der Waals surface area contributed by atoms with E-state index in [1.807, 2.05) is 6.92 Å². The second kappa shape index (κ2) is 9.17. The third-order valence-electron chi connectivity index (χ3n) is 3.01. The summed E-state index contributed by atoms with van der Waals surface area (Å²) in [5.41, 5.74) is 5.10. The number of carboxylic acids is 1. The molecule has 0 spiro atoms. The van der Waals surface area contributed by atoms with Gasteiger partial charge in [-0.3, -0.25) is 9.59 Å². The lowest BCUT2D eigenvalue weighted by atomic mass is 9.96. The van der Waals surface area contributed by atoms with E-state index >= 15 is 0 Å². The average molecular weight is 287 g/mol. The largest absolute Gasteiger partial charge is 0.481 e. The quantitative estimate of drug-likeness (QED) is 0.577. The van der Waals surface area contributed by atoms with Gasteiger partial charge >= 0.3 is 12.0 Å². The van der Waals surface area contributed by atoms with Crippen molar-refractivity contribution >= 4 is 17.9 Å². The van der Waals surface area contributed by atoms with Crippen molar-refractivity contribution in [2.75, 3.05) is 19.6 Å². The lowest BCUT2D eigenvalue weighted by Gasteiger charge is -2.23. The Kier molecular flexibility index (Phi) is 8.35. The molecule has 116 valence electrons. The van der Waals surface area contributed by atoms with Crippen molar-refractivity contribution in [1.82, 2.24) is 10.2 Å². The number of unbranched alkanes of at least 4 members (excludes halogenated alkanes) is 1. The third-order valence-corrected chi connectivity index (χ3v) is 3.01. The molecule has 0 saturated carbocycles. The van der Waals surface area contributed by atoms with Gasteiger partial charge in [-0.2, -0.15) is 0 Å². The highest BCUT2D eigenvalue weighted by Crippen LogP contribution is 2.10. The number of nitrogens with two attached hydrogens (primary N) is 1. The first-order valence-electron chi connectivity index (χ1n) is 6.83. The zero-order valence-corrected chi connectivity index (χ0v) is 12.4. The molecule has 7 nitrogen and oxygen atoms in total. The van der Waals surface area contributed by atoms with Crippen LogP contribution in [0.25, 0.3) is 0 Å². The van der Waals surface area contributed by atoms with E-state index in [9.17, 15) is 14.4 Å². The zero-order chi connectivity index (χ0) is 15.7. The van der Waals surface area contributed by atoms with E-state index in [1.165, 1.54) is 4.90 Å². The first-order chi connectivity index (χ1) is 9.29. The fraction of sp³-hybridized carbons (Fsp3) is 0.769. The SMILES string of the molecule is CCCCN(CC(N)=O)C(=O)NCC(C(=O)O)C(C)C. The third kappa shape index (κ3) is 6.96. The summed E-state index contributed by atoms with van der Waals surface area (Å²) in [5.74, 6) is -2.28. The Morgan fingerprint density at radius 2 is 1.90 bits per heavy atom. The maximum Gasteiger partial charge on any atom is 0.317 e. The Hall–Kier alpha value is -1.79. The summed E-state index contributed by atoms with van der Waals surface area (Å²) in [6, 6.07) is -0.454. The van der Waals surface area contributed by atoms with Crippen LogP contribution in [-0.4, -0.2) is 47.5 Å². The fourth-order valence-electron chi connectivity index (χ4n) is 1.71. The molecule has 0 rings (SSSR count). The van der Waals surface area contributed by atoms with E-state index in [2.05, 4.69) is 5.32 Å². The maximum atomic E-state index is 11.9. The minimum atomic E-state index is -0.949. The number of hydrogen-bond donors (Lipinski definition) is 3. The average Bonchev–Trinajstić information content (AvgIpc) is 2.33. The highest BCUT2D eigenvalue weighted by Gasteiger charge is 2.23. The first kappa shape index (κ1) is 18.2. The van der Waals surface area contributed by atoms with Gasteiger partial charge in [0.1, 0.15) is 6.54 Å². The van der Waals surface area contributed by atoms with Crippen LogP contribution in [0.2, 0.25) is 0 Å². The second-order valence-electron chi connectivity index (χ2n) is 5.12. The lowest BCUT2D eigenvalue weighted by molar-refractivity contribution is -0.143. The smallest absolute Gasteiger partial charge is 0.317 e. The molecule has 7 heteroatoms. The van der Waals surface area contributed by atoms with Crippen molar-refractivity contribution in [1.29, 1.82) is 0 Å². The van der Waals surface area contributed by atoms with Crippen LogP contribution in [0.15, 0.2) is 0 Å². The molecule has 0 aromatic carbocycles. The maximum absolute atomic E-state index is 11.9. The number of urea groups is 1. The molecule has 0 aromatic heterocycles. The van der Waals surface area contributed by atoms with E-state index in [0.717, 1.165) is 12.8 Å². The number of amides is 3. The number of carbonyl (C=O) groups excluding carboxylic acids is 2. The molecule has 1 unspecified atom stereocenters. The number of hydrogen-bond acceptors (Lipinski definition) is 3. The summed E-state index contributed by atoms with van der Waals surface area (Å²) >= 11 is 0. The number of carboxylic acid groups (broad SMARTS) is 1. The van der Waals surface area contributed by atoms with Crippen molar-refractivity contribution < 1.29 is 19.5 Å². The van der Waals surface area contributed by atoms with E-state index in [0.29, 0.717) is 6.54 Å². The van der Waals surface area contributed by atoms with Gasteiger partial charge in [-0.25, -0.2) is 4.79 Å². The highest BCUT2D eigenvalue weighted by molar-refractivity contribution is 5.83. The van der Waals surface area contributed by atoms with E-state index in [-0.39, 0.29) is 19.0 Å². The van der Waals surface area contributed by atoms with E-state index in [4.69, 9.17) is 10.8 Å². The van der Waals surface area contributed by atoms with Gasteiger partial charge in [0.2, 0.25) is 5.91 Å². The summed E-state index contributed by atoms with van der Waals surface area (Å²) in [5, 5.41) is 11.6. The molecule has 0 aliphatic rings. The van der Waals surface area contributed by atoms with Crippen LogP contribution in [0, 0.1) is 11.8 Å². The van der Waals surface area contributed by atoms with Gasteiger partial charge in [0.15, 0.2) is 0 Å². The first-order valence-corrected chi connectivity index (χ1v) is 6.83. The predicted molar refractivity (Wildman–Crippen MR) is 75.0 cm³/mol. The summed E-state index contributed by atoms with van der Waals surface area (Å²) < 4.78 is 0. The van der Waals surface area contributed by atoms with Crippen LogP contribution >= 0.6 is 0 Å². The van der Waals surface area contributed by atoms with Gasteiger partial charge in [-0.1, -0.05) is 27.2 Å². The monoisotopic (exact) mass is 287 g/mol. The number of nitrogens with zero attached hydrogens (tertiary/aromatic N) is 1. The van der Waals surface area contributed by atoms with Crippen molar-refractivity contribution in [3.8, 4) is 0 Å². The Bertz CT molecular complexity index is 345. The minimum absolute atomic E-state index is 0.0349. The molecule has 1 atom stereocenters. The normalized spacial score (nSPS) is 12.0. The molecule has 20 heavy (non-hydrogen) atoms. The number of nitrogens with one attached hydrogen (secondary N) is 1. The fourth-order valence-corrected chi connectivity index (χ4v) is 1.71. The molecule has 3 amide bonds. The van der Waals surface area contributed by atoms with E-state index < -0.39 is 23.8 Å². The van der Waals surface area contributed by atoms with Gasteiger partial charge in [0.25, 0.3) is 0 Å². The number of carbonyl (C=O) groups is 3. The lowest BCUT2D eigenvalue weighted by Crippen LogP contribution is -2.47. The van der Waals surface area contributed by atoms with Gasteiger partial charge < -0.3 is 21.1 Å². The summed E-state index contributed by atoms with van der Waals surface area (Å²) in [4.78, 5) is 35.2. The summed E-state index contributed by atoms with van der Waals surface area (Å²) in [6.07, 6.45) is 1.64. The van der Waals surface area contributed by atoms with Crippen molar-refractivity contribution in [2.45, 2.75) is 33.6 Å². The Labute approximate surface area is 119 Å². The number of rotatable bonds is 9. The molecule has 0 bridgehead atoms. The van der Waals surface area contributed by atoms with Gasteiger partial charge in [0, 0.05) is 13.1 Å². The molecule has 0 aliphatic heterocycles. The number of primary amides is 1. The molecule has 0 heterocycles. The van der Waals surface area contributed by atoms with Gasteiger partial charge in [-0.15, -0.1) is 0 Å². The van der Waals surface area contributed by atoms with Crippen molar-refractivity contribution in [3.63, 3.8) is 0 Å². The second-order valence-corrected chi connectivity index (χ2v) is 5.12. The molecular formula is C13H25N3O4. The molecule has 0 fully saturated rings. The van der Waals surface area contributed by atoms with Gasteiger partial charge in [0.05, 0.1) is 5.92 Å². The molecule has 4 N–H and O–H groups in total. The van der Waals surface area contributed by atoms with Gasteiger partial charge in [-0.05, 0) is 12.3 Å². The summed E-state index contributed by atoms with van der Waals surface area (Å²) in [6.45, 7) is 5.83. The Balaban J connectivity index is 4.50. The Morgan fingerprint density at radius 3 is 2.30 bits per heavy atom. The van der Waals surface area contributed by atoms with Crippen LogP contribution in [-0.2, 0) is 9.59 Å². The molecular weight excluding hydrogens is 262 g/mol. The minimum Gasteiger partial charge on any atom is -0.481 e. The molecule has 0 saturated heterocycles. The van der Waals surface area contributed by atoms with Crippen molar-refractivity contribution in [2.24, 2.45) is 17.6 Å².